The zero-order chi connectivity index (χ0) is 35.8. The number of benzene rings is 2. The molecule has 1 aliphatic heterocycles. The predicted molar refractivity (Wildman–Crippen MR) is 164 cm³/mol. The molecule has 5 N–H and O–H groups in total. The predicted octanol–water partition coefficient (Wildman–Crippen LogP) is 5.07. The molecule has 0 bridgehead atoms. The number of amides is 1. The molecule has 4 aromatic rings. The van der Waals surface area contributed by atoms with Crippen molar-refractivity contribution in [2.45, 2.75) is 37.5 Å². The van der Waals surface area contributed by atoms with Crippen LogP contribution in [0.15, 0.2) is 67.1 Å². The maximum Gasteiger partial charge on any atom is 0.422 e. The van der Waals surface area contributed by atoms with E-state index in [0.717, 1.165) is 12.1 Å². The Labute approximate surface area is 275 Å². The van der Waals surface area contributed by atoms with Gasteiger partial charge in [0.2, 0.25) is 0 Å². The molecular formula is C31H30F5N7O6. The third-order valence-corrected chi connectivity index (χ3v) is 7.14. The number of piperidine rings is 1. The Kier molecular flexibility index (Phi) is 11.4. The number of carboxylic acid groups (broad SMARTS) is 2. The van der Waals surface area contributed by atoms with Crippen molar-refractivity contribution in [1.82, 2.24) is 20.0 Å². The van der Waals surface area contributed by atoms with Gasteiger partial charge in [0.15, 0.2) is 17.3 Å². The zero-order valence-corrected chi connectivity index (χ0v) is 25.5. The first-order valence-electron chi connectivity index (χ1n) is 14.6. The van der Waals surface area contributed by atoms with Crippen LogP contribution in [0.2, 0.25) is 0 Å². The number of rotatable bonds is 10. The molecule has 0 spiro atoms. The average molecular weight is 692 g/mol. The molecule has 2 aromatic carbocycles. The normalized spacial score (nSPS) is 15.9. The van der Waals surface area contributed by atoms with E-state index in [9.17, 15) is 31.9 Å². The van der Waals surface area contributed by atoms with Crippen molar-refractivity contribution in [2.24, 2.45) is 5.73 Å². The number of nitrogens with two attached hydrogens (primary N) is 1. The van der Waals surface area contributed by atoms with Crippen molar-refractivity contribution in [2.75, 3.05) is 29.9 Å². The number of hydrogen-bond donors (Lipinski definition) is 4. The quantitative estimate of drug-likeness (QED) is 0.163. The second-order valence-corrected chi connectivity index (χ2v) is 10.7. The fourth-order valence-corrected chi connectivity index (χ4v) is 4.86. The summed E-state index contributed by atoms with van der Waals surface area (Å²) in [7, 11) is 0. The number of para-hydroxylation sites is 1. The molecule has 2 aromatic heterocycles. The molecule has 260 valence electrons. The van der Waals surface area contributed by atoms with Gasteiger partial charge >= 0.3 is 18.1 Å². The topological polar surface area (TPSA) is 186 Å². The van der Waals surface area contributed by atoms with Crippen LogP contribution >= 0.6 is 0 Å². The van der Waals surface area contributed by atoms with Crippen LogP contribution < -0.4 is 20.7 Å². The first-order valence-corrected chi connectivity index (χ1v) is 14.6. The number of aromatic nitrogens is 4. The molecule has 0 aliphatic carbocycles. The van der Waals surface area contributed by atoms with E-state index in [1.54, 1.807) is 6.07 Å². The molecule has 0 radical (unpaired) electrons. The molecule has 0 unspecified atom stereocenters. The van der Waals surface area contributed by atoms with Gasteiger partial charge in [-0.2, -0.15) is 28.5 Å². The van der Waals surface area contributed by atoms with Crippen LogP contribution in [0.4, 0.5) is 33.3 Å². The van der Waals surface area contributed by atoms with Gasteiger partial charge in [-0.25, -0.2) is 13.5 Å². The summed E-state index contributed by atoms with van der Waals surface area (Å²) < 4.78 is 80.6. The standard InChI is InChI=1S/C27H24F5N7O2.C4H6O4/c28-18-4-1-2-5-21(18)41-22-7-6-19(36-25(40)20-9-13-39(37-20)17-8-11-34-35-14-17)24(23(22)27(30,31)32)38-12-3-10-26(29,15-33)16-38;5-3(6)1-2-4(7)8/h1-2,4-9,11,13-14H,3,10,12,15-16,33H2,(H,36,40);1-2H2,(H,5,6)(H,7,8)/t26-;/m1./s1. The van der Waals surface area contributed by atoms with Gasteiger partial charge in [0.1, 0.15) is 17.0 Å². The van der Waals surface area contributed by atoms with E-state index in [1.807, 2.05) is 0 Å². The number of hydrogen-bond acceptors (Lipinski definition) is 9. The molecule has 1 fully saturated rings. The smallest absolute Gasteiger partial charge is 0.422 e. The number of carboxylic acids is 2. The van der Waals surface area contributed by atoms with Gasteiger partial charge in [-0.1, -0.05) is 12.1 Å². The summed E-state index contributed by atoms with van der Waals surface area (Å²) in [5.41, 5.74) is 1.98. The van der Waals surface area contributed by atoms with E-state index in [4.69, 9.17) is 20.7 Å². The van der Waals surface area contributed by atoms with Gasteiger partial charge in [-0.3, -0.25) is 14.4 Å². The zero-order valence-electron chi connectivity index (χ0n) is 25.5. The Balaban J connectivity index is 0.000000603. The highest BCUT2D eigenvalue weighted by Gasteiger charge is 2.43. The number of nitrogens with one attached hydrogen (secondary N) is 1. The lowest BCUT2D eigenvalue weighted by atomic mass is 9.93. The Morgan fingerprint density at radius 3 is 2.33 bits per heavy atom. The van der Waals surface area contributed by atoms with Crippen molar-refractivity contribution < 1.29 is 51.3 Å². The summed E-state index contributed by atoms with van der Waals surface area (Å²) in [6, 6.07) is 10.1. The van der Waals surface area contributed by atoms with Gasteiger partial charge in [-0.15, -0.1) is 0 Å². The van der Waals surface area contributed by atoms with Crippen LogP contribution in [0, 0.1) is 5.82 Å². The highest BCUT2D eigenvalue weighted by atomic mass is 19.4. The maximum atomic E-state index is 15.4. The molecule has 1 saturated heterocycles. The third-order valence-electron chi connectivity index (χ3n) is 7.14. The Morgan fingerprint density at radius 1 is 1.00 bits per heavy atom. The maximum absolute atomic E-state index is 15.4. The second-order valence-electron chi connectivity index (χ2n) is 10.7. The second kappa shape index (κ2) is 15.5. The van der Waals surface area contributed by atoms with Crippen molar-refractivity contribution >= 4 is 29.2 Å². The van der Waals surface area contributed by atoms with E-state index in [-0.39, 0.29) is 43.6 Å². The minimum Gasteiger partial charge on any atom is -0.481 e. The largest absolute Gasteiger partial charge is 0.481 e. The van der Waals surface area contributed by atoms with Gasteiger partial charge < -0.3 is 30.9 Å². The summed E-state index contributed by atoms with van der Waals surface area (Å²) >= 11 is 0. The number of nitrogens with zero attached hydrogens (tertiary/aromatic N) is 5. The number of carbonyl (C=O) groups excluding carboxylic acids is 1. The number of carbonyl (C=O) groups is 3. The van der Waals surface area contributed by atoms with E-state index < -0.39 is 71.3 Å². The molecule has 18 heteroatoms. The number of aliphatic carboxylic acids is 2. The first-order chi connectivity index (χ1) is 23.2. The van der Waals surface area contributed by atoms with E-state index in [0.29, 0.717) is 5.69 Å². The Bertz CT molecular complexity index is 1780. The van der Waals surface area contributed by atoms with Crippen LogP contribution in [0.1, 0.15) is 41.7 Å². The molecule has 13 nitrogen and oxygen atoms in total. The lowest BCUT2D eigenvalue weighted by molar-refractivity contribution is -0.143. The summed E-state index contributed by atoms with van der Waals surface area (Å²) in [5, 5.41) is 29.9. The SMILES string of the molecule is NC[C@]1(F)CCCN(c2c(NC(=O)c3ccn(-c4ccnnc4)n3)ccc(Oc3ccccc3F)c2C(F)(F)F)C1.O=C(O)CCC(=O)O. The molecular weight excluding hydrogens is 661 g/mol. The van der Waals surface area contributed by atoms with E-state index >= 15 is 4.39 Å². The highest BCUT2D eigenvalue weighted by Crippen LogP contribution is 2.49. The van der Waals surface area contributed by atoms with Crippen LogP contribution in [0.5, 0.6) is 11.5 Å². The van der Waals surface area contributed by atoms with Gasteiger partial charge in [0.05, 0.1) is 48.8 Å². The minimum atomic E-state index is -5.04. The number of anilines is 2. The molecule has 1 aliphatic rings. The summed E-state index contributed by atoms with van der Waals surface area (Å²) in [4.78, 5) is 33.6. The summed E-state index contributed by atoms with van der Waals surface area (Å²) in [5.74, 6) is -4.99. The molecule has 0 saturated carbocycles. The van der Waals surface area contributed by atoms with Gasteiger partial charge in [0, 0.05) is 19.3 Å². The van der Waals surface area contributed by atoms with Crippen LogP contribution in [0.3, 0.4) is 0 Å². The third kappa shape index (κ3) is 9.47. The van der Waals surface area contributed by atoms with Crippen molar-refractivity contribution in [1.29, 1.82) is 0 Å². The summed E-state index contributed by atoms with van der Waals surface area (Å²) in [6.07, 6.45) is -1.04. The molecule has 1 atom stereocenters. The van der Waals surface area contributed by atoms with Crippen molar-refractivity contribution in [3.05, 3.63) is 84.2 Å². The van der Waals surface area contributed by atoms with Crippen LogP contribution in [0.25, 0.3) is 5.69 Å². The number of ether oxygens (including phenoxy) is 1. The highest BCUT2D eigenvalue weighted by molar-refractivity contribution is 6.05. The number of alkyl halides is 4. The fraction of sp³-hybridized carbons (Fsp3) is 0.290. The van der Waals surface area contributed by atoms with E-state index in [2.05, 4.69) is 20.6 Å². The first kappa shape index (κ1) is 36.2. The van der Waals surface area contributed by atoms with Crippen LogP contribution in [-0.2, 0) is 15.8 Å². The molecule has 3 heterocycles. The lowest BCUT2D eigenvalue weighted by Gasteiger charge is -2.40. The van der Waals surface area contributed by atoms with Crippen molar-refractivity contribution in [3.8, 4) is 17.2 Å². The van der Waals surface area contributed by atoms with Crippen molar-refractivity contribution in [3.63, 3.8) is 0 Å². The fourth-order valence-electron chi connectivity index (χ4n) is 4.86. The van der Waals surface area contributed by atoms with Crippen LogP contribution in [-0.4, -0.2) is 73.3 Å². The molecule has 5 rings (SSSR count). The Hall–Kier alpha value is -5.65. The lowest BCUT2D eigenvalue weighted by Crippen LogP contribution is -2.50. The molecule has 1 amide bonds. The average Bonchev–Trinajstić information content (AvgIpc) is 3.56. The monoisotopic (exact) mass is 691 g/mol. The van der Waals surface area contributed by atoms with Gasteiger partial charge in [-0.05, 0) is 49.2 Å². The summed E-state index contributed by atoms with van der Waals surface area (Å²) in [6.45, 7) is -0.814. The number of halogens is 5. The minimum absolute atomic E-state index is 0.0461. The Morgan fingerprint density at radius 2 is 1.71 bits per heavy atom. The molecule has 49 heavy (non-hydrogen) atoms. The van der Waals surface area contributed by atoms with Gasteiger partial charge in [0.25, 0.3) is 5.91 Å². The van der Waals surface area contributed by atoms with E-state index in [1.165, 1.54) is 58.5 Å².